The van der Waals surface area contributed by atoms with E-state index in [9.17, 15) is 22.0 Å². The fourth-order valence-corrected chi connectivity index (χ4v) is 1.19. The zero-order valence-electron chi connectivity index (χ0n) is 9.97. The van der Waals surface area contributed by atoms with Gasteiger partial charge in [0.15, 0.2) is 0 Å². The second-order valence-electron chi connectivity index (χ2n) is 3.53. The fourth-order valence-electron chi connectivity index (χ4n) is 1.19. The predicted octanol–water partition coefficient (Wildman–Crippen LogP) is 4.42. The van der Waals surface area contributed by atoms with Crippen LogP contribution >= 0.6 is 0 Å². The molecule has 0 heterocycles. The molecule has 19 heavy (non-hydrogen) atoms. The molecule has 0 saturated heterocycles. The van der Waals surface area contributed by atoms with Gasteiger partial charge >= 0.3 is 12.1 Å². The van der Waals surface area contributed by atoms with Gasteiger partial charge < -0.3 is 4.74 Å². The molecule has 0 amide bonds. The molecule has 6 heteroatoms. The summed E-state index contributed by atoms with van der Waals surface area (Å²) in [7, 11) is 0. The minimum absolute atomic E-state index is 0.309. The van der Waals surface area contributed by atoms with Gasteiger partial charge in [0, 0.05) is 0 Å². The van der Waals surface area contributed by atoms with Crippen molar-refractivity contribution in [1.29, 1.82) is 0 Å². The lowest BCUT2D eigenvalue weighted by Gasteiger charge is -2.20. The molecule has 0 aliphatic rings. The maximum absolute atomic E-state index is 13.1. The molecule has 1 aromatic rings. The van der Waals surface area contributed by atoms with Crippen molar-refractivity contribution in [1.82, 2.24) is 0 Å². The summed E-state index contributed by atoms with van der Waals surface area (Å²) in [5, 5.41) is 0. The molecular weight excluding hydrogens is 267 g/mol. The molecule has 0 aliphatic heterocycles. The molecule has 0 unspecified atom stereocenters. The third kappa shape index (κ3) is 3.83. The molecule has 0 atom stereocenters. The molecule has 1 rings (SSSR count). The van der Waals surface area contributed by atoms with E-state index in [0.717, 1.165) is 6.08 Å². The summed E-state index contributed by atoms with van der Waals surface area (Å²) in [6, 6.07) is 8.02. The Morgan fingerprint density at radius 3 is 2.21 bits per heavy atom. The molecule has 0 saturated carbocycles. The van der Waals surface area contributed by atoms with E-state index in [1.807, 2.05) is 5.73 Å². The fraction of sp³-hybridized carbons (Fsp3) is 0.308. The van der Waals surface area contributed by atoms with Crippen LogP contribution in [0.1, 0.15) is 12.5 Å². The van der Waals surface area contributed by atoms with E-state index < -0.39 is 17.9 Å². The Labute approximate surface area is 107 Å². The van der Waals surface area contributed by atoms with Gasteiger partial charge in [-0.25, -0.2) is 0 Å². The number of ether oxygens (including phenoxy) is 1. The van der Waals surface area contributed by atoms with Crippen LogP contribution in [-0.2, 0) is 4.74 Å². The van der Waals surface area contributed by atoms with Crippen LogP contribution in [0.25, 0.3) is 6.08 Å². The van der Waals surface area contributed by atoms with Crippen molar-refractivity contribution in [3.05, 3.63) is 47.4 Å². The van der Waals surface area contributed by atoms with E-state index in [-0.39, 0.29) is 6.61 Å². The van der Waals surface area contributed by atoms with E-state index >= 15 is 0 Å². The van der Waals surface area contributed by atoms with Crippen molar-refractivity contribution in [2.75, 3.05) is 6.61 Å². The molecule has 1 aromatic carbocycles. The summed E-state index contributed by atoms with van der Waals surface area (Å²) in [4.78, 5) is 0. The third-order valence-corrected chi connectivity index (χ3v) is 2.10. The van der Waals surface area contributed by atoms with Crippen molar-refractivity contribution in [3.8, 4) is 0 Å². The first-order valence-corrected chi connectivity index (χ1v) is 5.38. The van der Waals surface area contributed by atoms with Gasteiger partial charge in [0.2, 0.25) is 5.76 Å². The van der Waals surface area contributed by atoms with Crippen LogP contribution in [0.5, 0.6) is 0 Å². The van der Waals surface area contributed by atoms with Gasteiger partial charge in [-0.2, -0.15) is 22.0 Å². The molecule has 0 radical (unpaired) electrons. The van der Waals surface area contributed by atoms with Gasteiger partial charge in [-0.15, -0.1) is 0 Å². The summed E-state index contributed by atoms with van der Waals surface area (Å²) in [6.07, 6.45) is -4.69. The van der Waals surface area contributed by atoms with E-state index in [1.165, 1.54) is 6.92 Å². The van der Waals surface area contributed by atoms with E-state index in [2.05, 4.69) is 4.74 Å². The molecular formula is C13H11F5O. The molecule has 0 spiro atoms. The highest BCUT2D eigenvalue weighted by molar-refractivity contribution is 5.48. The summed E-state index contributed by atoms with van der Waals surface area (Å²) < 4.78 is 67.3. The van der Waals surface area contributed by atoms with Crippen molar-refractivity contribution >= 4 is 6.08 Å². The normalized spacial score (nSPS) is 11.7. The number of hydrogen-bond acceptors (Lipinski definition) is 1. The van der Waals surface area contributed by atoms with Crippen LogP contribution in [0, 0.1) is 0 Å². The second-order valence-corrected chi connectivity index (χ2v) is 3.53. The van der Waals surface area contributed by atoms with Crippen LogP contribution in [-0.4, -0.2) is 18.7 Å². The Morgan fingerprint density at radius 2 is 1.74 bits per heavy atom. The molecule has 0 fully saturated rings. The van der Waals surface area contributed by atoms with Crippen LogP contribution in [0.15, 0.2) is 41.8 Å². The number of allylic oxidation sites excluding steroid dienone is 1. The van der Waals surface area contributed by atoms with Gasteiger partial charge in [-0.1, -0.05) is 36.1 Å². The van der Waals surface area contributed by atoms with Crippen molar-refractivity contribution in [3.63, 3.8) is 0 Å². The third-order valence-electron chi connectivity index (χ3n) is 2.10. The Bertz CT molecular complexity index is 470. The smallest absolute Gasteiger partial charge is 0.462 e. The van der Waals surface area contributed by atoms with E-state index in [0.29, 0.717) is 5.56 Å². The molecule has 0 aromatic heterocycles. The van der Waals surface area contributed by atoms with E-state index in [4.69, 9.17) is 0 Å². The lowest BCUT2D eigenvalue weighted by molar-refractivity contribution is -0.276. The van der Waals surface area contributed by atoms with Gasteiger partial charge in [0.05, 0.1) is 6.61 Å². The standard InChI is InChI=1S/C13H11F5O/c1-2-19-11(12(14,15)13(16,17)18)9-8-10-6-4-3-5-7-10/h3-8H,2H2,1H3. The van der Waals surface area contributed by atoms with Crippen LogP contribution in [0.3, 0.4) is 0 Å². The van der Waals surface area contributed by atoms with Crippen LogP contribution in [0.4, 0.5) is 22.0 Å². The lowest BCUT2D eigenvalue weighted by Crippen LogP contribution is -2.38. The minimum Gasteiger partial charge on any atom is -0.484 e. The number of alkyl halides is 5. The highest BCUT2D eigenvalue weighted by Gasteiger charge is 2.61. The van der Waals surface area contributed by atoms with Crippen molar-refractivity contribution < 1.29 is 26.7 Å². The first-order valence-electron chi connectivity index (χ1n) is 5.38. The Morgan fingerprint density at radius 1 is 1.16 bits per heavy atom. The monoisotopic (exact) mass is 278 g/mol. The zero-order valence-corrected chi connectivity index (χ0v) is 9.97. The first-order chi connectivity index (χ1) is 8.79. The summed E-state index contributed by atoms with van der Waals surface area (Å²) in [5.41, 5.74) is 2.33. The lowest BCUT2D eigenvalue weighted by atomic mass is 10.2. The molecule has 0 aliphatic carbocycles. The SMILES string of the molecule is CCOC(=C=Cc1ccccc1)C(F)(F)C(F)(F)F. The Balaban J connectivity index is 3.18. The minimum atomic E-state index is -5.71. The Kier molecular flexibility index (Phi) is 4.72. The highest BCUT2D eigenvalue weighted by Crippen LogP contribution is 2.41. The maximum Gasteiger partial charge on any atom is 0.462 e. The molecule has 0 N–H and O–H groups in total. The number of rotatable bonds is 4. The maximum atomic E-state index is 13.1. The molecule has 0 bridgehead atoms. The van der Waals surface area contributed by atoms with E-state index in [1.54, 1.807) is 30.3 Å². The summed E-state index contributed by atoms with van der Waals surface area (Å²) >= 11 is 0. The predicted molar refractivity (Wildman–Crippen MR) is 60.6 cm³/mol. The van der Waals surface area contributed by atoms with Crippen LogP contribution in [0.2, 0.25) is 0 Å². The highest BCUT2D eigenvalue weighted by atomic mass is 19.4. The van der Waals surface area contributed by atoms with Gasteiger partial charge in [0.1, 0.15) is 0 Å². The van der Waals surface area contributed by atoms with Gasteiger partial charge in [0.25, 0.3) is 0 Å². The number of halogens is 5. The second kappa shape index (κ2) is 5.89. The van der Waals surface area contributed by atoms with Gasteiger partial charge in [-0.05, 0) is 18.6 Å². The number of hydrogen-bond donors (Lipinski definition) is 0. The Hall–Kier alpha value is -1.81. The summed E-state index contributed by atoms with van der Waals surface area (Å²) in [5.74, 6) is -6.60. The average molecular weight is 278 g/mol. The van der Waals surface area contributed by atoms with Crippen molar-refractivity contribution in [2.24, 2.45) is 0 Å². The summed E-state index contributed by atoms with van der Waals surface area (Å²) in [6.45, 7) is 1.01. The van der Waals surface area contributed by atoms with Gasteiger partial charge in [-0.3, -0.25) is 0 Å². The first kappa shape index (κ1) is 15.2. The van der Waals surface area contributed by atoms with Crippen molar-refractivity contribution in [2.45, 2.75) is 19.0 Å². The largest absolute Gasteiger partial charge is 0.484 e. The average Bonchev–Trinajstić information content (AvgIpc) is 2.34. The quantitative estimate of drug-likeness (QED) is 0.450. The topological polar surface area (TPSA) is 9.23 Å². The zero-order chi connectivity index (χ0) is 14.5. The molecule has 104 valence electrons. The number of benzene rings is 1. The molecule has 1 nitrogen and oxygen atoms in total. The van der Waals surface area contributed by atoms with Crippen LogP contribution < -0.4 is 0 Å².